The third-order valence-electron chi connectivity index (χ3n) is 2.10. The molecule has 0 aromatic carbocycles. The van der Waals surface area contributed by atoms with Crippen LogP contribution in [-0.2, 0) is 0 Å². The topological polar surface area (TPSA) is 42.9 Å². The van der Waals surface area contributed by atoms with Gasteiger partial charge in [-0.1, -0.05) is 0 Å². The van der Waals surface area contributed by atoms with Crippen LogP contribution in [0.2, 0.25) is 0 Å². The molecule has 0 bridgehead atoms. The van der Waals surface area contributed by atoms with Gasteiger partial charge < -0.3 is 0 Å². The Kier molecular flexibility index (Phi) is 2.72. The fraction of sp³-hybridized carbons (Fsp3) is 0.0833. The summed E-state index contributed by atoms with van der Waals surface area (Å²) in [5, 5.41) is 0. The molecular formula is C12H9FN2O. The zero-order valence-electron chi connectivity index (χ0n) is 8.64. The zero-order chi connectivity index (χ0) is 11.5. The van der Waals surface area contributed by atoms with Crippen molar-refractivity contribution >= 4 is 5.78 Å². The van der Waals surface area contributed by atoms with Gasteiger partial charge in [0, 0.05) is 29.7 Å². The first-order valence-corrected chi connectivity index (χ1v) is 4.74. The zero-order valence-corrected chi connectivity index (χ0v) is 8.64. The molecule has 0 saturated carbocycles. The quantitative estimate of drug-likeness (QED) is 0.722. The first-order valence-electron chi connectivity index (χ1n) is 4.74. The Morgan fingerprint density at radius 3 is 2.31 bits per heavy atom. The second kappa shape index (κ2) is 4.18. The SMILES string of the molecule is Cc1cncc(C(=O)c2cncc(F)c2)c1. The minimum atomic E-state index is -0.522. The van der Waals surface area contributed by atoms with Crippen molar-refractivity contribution in [2.24, 2.45) is 0 Å². The lowest BCUT2D eigenvalue weighted by Crippen LogP contribution is -2.03. The lowest BCUT2D eigenvalue weighted by molar-refractivity contribution is 0.103. The molecular weight excluding hydrogens is 207 g/mol. The van der Waals surface area contributed by atoms with Crippen molar-refractivity contribution in [1.82, 2.24) is 9.97 Å². The van der Waals surface area contributed by atoms with Gasteiger partial charge in [-0.3, -0.25) is 14.8 Å². The predicted molar refractivity (Wildman–Crippen MR) is 56.6 cm³/mol. The van der Waals surface area contributed by atoms with Gasteiger partial charge >= 0.3 is 0 Å². The first-order chi connectivity index (χ1) is 7.66. The van der Waals surface area contributed by atoms with Crippen LogP contribution in [0.15, 0.2) is 36.9 Å². The van der Waals surface area contributed by atoms with E-state index in [1.807, 2.05) is 6.92 Å². The molecule has 2 rings (SSSR count). The number of halogens is 1. The second-order valence-electron chi connectivity index (χ2n) is 3.47. The summed E-state index contributed by atoms with van der Waals surface area (Å²) in [6.07, 6.45) is 5.51. The maximum atomic E-state index is 12.9. The third-order valence-corrected chi connectivity index (χ3v) is 2.10. The Morgan fingerprint density at radius 1 is 1.06 bits per heavy atom. The Morgan fingerprint density at radius 2 is 1.69 bits per heavy atom. The normalized spacial score (nSPS) is 10.1. The number of ketones is 1. The molecule has 0 radical (unpaired) electrons. The number of carbonyl (C=O) groups excluding carboxylic acids is 1. The number of nitrogens with zero attached hydrogens (tertiary/aromatic N) is 2. The van der Waals surface area contributed by atoms with Crippen LogP contribution in [0.3, 0.4) is 0 Å². The third kappa shape index (κ3) is 2.11. The van der Waals surface area contributed by atoms with Crippen LogP contribution in [0, 0.1) is 12.7 Å². The number of aryl methyl sites for hydroxylation is 1. The highest BCUT2D eigenvalue weighted by Gasteiger charge is 2.10. The van der Waals surface area contributed by atoms with E-state index in [-0.39, 0.29) is 11.3 Å². The molecule has 0 unspecified atom stereocenters. The number of aromatic nitrogens is 2. The van der Waals surface area contributed by atoms with Crippen molar-refractivity contribution in [2.75, 3.05) is 0 Å². The van der Waals surface area contributed by atoms with E-state index in [4.69, 9.17) is 0 Å². The maximum Gasteiger partial charge on any atom is 0.196 e. The molecule has 2 aromatic rings. The largest absolute Gasteiger partial charge is 0.288 e. The molecule has 0 aliphatic rings. The average Bonchev–Trinajstić information content (AvgIpc) is 2.28. The number of hydrogen-bond acceptors (Lipinski definition) is 3. The Labute approximate surface area is 92.0 Å². The summed E-state index contributed by atoms with van der Waals surface area (Å²) in [7, 11) is 0. The van der Waals surface area contributed by atoms with Crippen molar-refractivity contribution in [1.29, 1.82) is 0 Å². The van der Waals surface area contributed by atoms with Gasteiger partial charge in [0.25, 0.3) is 0 Å². The molecule has 0 aliphatic heterocycles. The van der Waals surface area contributed by atoms with Crippen LogP contribution in [0.25, 0.3) is 0 Å². The van der Waals surface area contributed by atoms with Crippen molar-refractivity contribution < 1.29 is 9.18 Å². The van der Waals surface area contributed by atoms with E-state index in [0.29, 0.717) is 5.56 Å². The highest BCUT2D eigenvalue weighted by atomic mass is 19.1. The Bertz CT molecular complexity index is 493. The predicted octanol–water partition coefficient (Wildman–Crippen LogP) is 2.16. The molecule has 0 N–H and O–H groups in total. The van der Waals surface area contributed by atoms with Crippen LogP contribution >= 0.6 is 0 Å². The fourth-order valence-corrected chi connectivity index (χ4v) is 1.38. The summed E-state index contributed by atoms with van der Waals surface area (Å²) in [6.45, 7) is 1.84. The minimum absolute atomic E-state index is 0.229. The van der Waals surface area contributed by atoms with E-state index in [0.717, 1.165) is 17.8 Å². The summed E-state index contributed by atoms with van der Waals surface area (Å²) < 4.78 is 12.9. The van der Waals surface area contributed by atoms with Crippen LogP contribution in [-0.4, -0.2) is 15.8 Å². The van der Waals surface area contributed by atoms with Crippen LogP contribution in [0.4, 0.5) is 4.39 Å². The monoisotopic (exact) mass is 216 g/mol. The van der Waals surface area contributed by atoms with E-state index in [9.17, 15) is 9.18 Å². The lowest BCUT2D eigenvalue weighted by atomic mass is 10.1. The summed E-state index contributed by atoms with van der Waals surface area (Å²) in [6, 6.07) is 2.87. The molecule has 16 heavy (non-hydrogen) atoms. The van der Waals surface area contributed by atoms with Gasteiger partial charge in [-0.25, -0.2) is 4.39 Å². The maximum absolute atomic E-state index is 12.9. The van der Waals surface area contributed by atoms with Gasteiger partial charge in [0.15, 0.2) is 5.78 Å². The van der Waals surface area contributed by atoms with Crippen LogP contribution in [0.1, 0.15) is 21.5 Å². The van der Waals surface area contributed by atoms with E-state index in [1.165, 1.54) is 12.4 Å². The van der Waals surface area contributed by atoms with Gasteiger partial charge in [-0.2, -0.15) is 0 Å². The molecule has 2 aromatic heterocycles. The molecule has 0 amide bonds. The molecule has 0 fully saturated rings. The lowest BCUT2D eigenvalue weighted by Gasteiger charge is -2.01. The van der Waals surface area contributed by atoms with E-state index < -0.39 is 5.82 Å². The van der Waals surface area contributed by atoms with Crippen LogP contribution in [0.5, 0.6) is 0 Å². The van der Waals surface area contributed by atoms with E-state index >= 15 is 0 Å². The van der Waals surface area contributed by atoms with Crippen molar-refractivity contribution in [3.05, 3.63) is 59.4 Å². The van der Waals surface area contributed by atoms with Gasteiger partial charge in [-0.05, 0) is 24.6 Å². The van der Waals surface area contributed by atoms with Gasteiger partial charge in [0.1, 0.15) is 5.82 Å². The molecule has 2 heterocycles. The van der Waals surface area contributed by atoms with Crippen molar-refractivity contribution in [2.45, 2.75) is 6.92 Å². The average molecular weight is 216 g/mol. The smallest absolute Gasteiger partial charge is 0.196 e. The standard InChI is InChI=1S/C12H9FN2O/c1-8-2-9(5-14-4-8)12(16)10-3-11(13)7-15-6-10/h2-7H,1H3. The van der Waals surface area contributed by atoms with Crippen LogP contribution < -0.4 is 0 Å². The highest BCUT2D eigenvalue weighted by molar-refractivity contribution is 6.08. The molecule has 80 valence electrons. The number of rotatable bonds is 2. The van der Waals surface area contributed by atoms with Gasteiger partial charge in [0.2, 0.25) is 0 Å². The van der Waals surface area contributed by atoms with Gasteiger partial charge in [0.05, 0.1) is 6.20 Å². The Hall–Kier alpha value is -2.10. The van der Waals surface area contributed by atoms with Crippen molar-refractivity contribution in [3.8, 4) is 0 Å². The van der Waals surface area contributed by atoms with Crippen molar-refractivity contribution in [3.63, 3.8) is 0 Å². The number of pyridine rings is 2. The van der Waals surface area contributed by atoms with E-state index in [1.54, 1.807) is 12.3 Å². The molecule has 0 saturated heterocycles. The molecule has 0 aliphatic carbocycles. The molecule has 3 nitrogen and oxygen atoms in total. The molecule has 0 spiro atoms. The highest BCUT2D eigenvalue weighted by Crippen LogP contribution is 2.10. The summed E-state index contributed by atoms with van der Waals surface area (Å²) in [5.41, 5.74) is 1.55. The minimum Gasteiger partial charge on any atom is -0.288 e. The summed E-state index contributed by atoms with van der Waals surface area (Å²) >= 11 is 0. The Balaban J connectivity index is 2.39. The van der Waals surface area contributed by atoms with E-state index in [2.05, 4.69) is 9.97 Å². The van der Waals surface area contributed by atoms with Gasteiger partial charge in [-0.15, -0.1) is 0 Å². The number of hydrogen-bond donors (Lipinski definition) is 0. The summed E-state index contributed by atoms with van der Waals surface area (Å²) in [5.74, 6) is -0.797. The molecule has 4 heteroatoms. The second-order valence-corrected chi connectivity index (χ2v) is 3.47. The molecule has 0 atom stereocenters. The summed E-state index contributed by atoms with van der Waals surface area (Å²) in [4.78, 5) is 19.5. The fourth-order valence-electron chi connectivity index (χ4n) is 1.38. The number of carbonyl (C=O) groups is 1. The first kappa shape index (κ1) is 10.4.